The van der Waals surface area contributed by atoms with Gasteiger partial charge in [0.25, 0.3) is 0 Å². The molecule has 3 rings (SSSR count). The number of carbonyl (C=O) groups is 1. The minimum Gasteiger partial charge on any atom is -0.453 e. The summed E-state index contributed by atoms with van der Waals surface area (Å²) in [6.07, 6.45) is 0.331. The van der Waals surface area contributed by atoms with Crippen molar-refractivity contribution in [3.63, 3.8) is 0 Å². The third-order valence-corrected chi connectivity index (χ3v) is 3.85. The molecule has 1 heterocycles. The zero-order valence-electron chi connectivity index (χ0n) is 13.2. The van der Waals surface area contributed by atoms with Crippen LogP contribution in [0.1, 0.15) is 5.56 Å². The zero-order valence-corrected chi connectivity index (χ0v) is 13.2. The molecule has 0 aliphatic heterocycles. The first-order valence-corrected chi connectivity index (χ1v) is 7.51. The first-order chi connectivity index (χ1) is 11.2. The van der Waals surface area contributed by atoms with Gasteiger partial charge in [0, 0.05) is 19.2 Å². The molecule has 0 aliphatic rings. The molecule has 0 radical (unpaired) electrons. The summed E-state index contributed by atoms with van der Waals surface area (Å²) in [7, 11) is 3.39. The number of nitrogens with one attached hydrogen (secondary N) is 1. The highest BCUT2D eigenvalue weighted by molar-refractivity contribution is 5.81. The Kier molecular flexibility index (Phi) is 4.28. The normalized spacial score (nSPS) is 10.7. The Morgan fingerprint density at radius 2 is 2.00 bits per heavy atom. The second-order valence-electron chi connectivity index (χ2n) is 5.35. The summed E-state index contributed by atoms with van der Waals surface area (Å²) >= 11 is 0. The molecule has 0 bridgehead atoms. The van der Waals surface area contributed by atoms with Crippen LogP contribution in [0.25, 0.3) is 22.4 Å². The Morgan fingerprint density at radius 1 is 1.22 bits per heavy atom. The third-order valence-electron chi connectivity index (χ3n) is 3.85. The molecule has 5 nitrogen and oxygen atoms in total. The summed E-state index contributed by atoms with van der Waals surface area (Å²) in [5.74, 6) is 0.949. The van der Waals surface area contributed by atoms with Gasteiger partial charge >= 0.3 is 6.09 Å². The van der Waals surface area contributed by atoms with Crippen molar-refractivity contribution in [3.8, 4) is 11.4 Å². The number of aromatic nitrogens is 2. The molecule has 0 spiro atoms. The Morgan fingerprint density at radius 3 is 2.74 bits per heavy atom. The van der Waals surface area contributed by atoms with Crippen LogP contribution in [-0.2, 0) is 18.2 Å². The largest absolute Gasteiger partial charge is 0.453 e. The average molecular weight is 309 g/mol. The smallest absolute Gasteiger partial charge is 0.406 e. The minimum atomic E-state index is -0.407. The van der Waals surface area contributed by atoms with E-state index in [2.05, 4.69) is 45.0 Å². The van der Waals surface area contributed by atoms with Crippen LogP contribution in [0.4, 0.5) is 4.79 Å². The van der Waals surface area contributed by atoms with Gasteiger partial charge in [-0.05, 0) is 24.1 Å². The van der Waals surface area contributed by atoms with Crippen LogP contribution in [0, 0.1) is 0 Å². The molecule has 1 aromatic heterocycles. The number of alkyl carbamates (subject to hydrolysis) is 1. The van der Waals surface area contributed by atoms with Crippen molar-refractivity contribution in [2.45, 2.75) is 6.42 Å². The van der Waals surface area contributed by atoms with Crippen LogP contribution in [0.5, 0.6) is 0 Å². The van der Waals surface area contributed by atoms with Gasteiger partial charge in [0.2, 0.25) is 0 Å². The van der Waals surface area contributed by atoms with Crippen molar-refractivity contribution in [2.24, 2.45) is 7.05 Å². The van der Waals surface area contributed by atoms with Gasteiger partial charge in [0.1, 0.15) is 5.82 Å². The molecule has 23 heavy (non-hydrogen) atoms. The van der Waals surface area contributed by atoms with E-state index in [-0.39, 0.29) is 0 Å². The number of carbonyl (C=O) groups excluding carboxylic acids is 1. The second kappa shape index (κ2) is 6.52. The van der Waals surface area contributed by atoms with E-state index >= 15 is 0 Å². The maximum absolute atomic E-state index is 11.1. The van der Waals surface area contributed by atoms with Crippen LogP contribution < -0.4 is 5.32 Å². The molecule has 1 N–H and O–H groups in total. The number of imidazole rings is 1. The average Bonchev–Trinajstić information content (AvgIpc) is 2.92. The molecule has 0 saturated heterocycles. The molecule has 3 aromatic rings. The fourth-order valence-corrected chi connectivity index (χ4v) is 2.63. The fraction of sp³-hybridized carbons (Fsp3) is 0.222. The van der Waals surface area contributed by atoms with E-state index in [0.29, 0.717) is 6.54 Å². The van der Waals surface area contributed by atoms with Crippen molar-refractivity contribution in [2.75, 3.05) is 13.7 Å². The first-order valence-electron chi connectivity index (χ1n) is 7.51. The highest BCUT2D eigenvalue weighted by Crippen LogP contribution is 2.24. The lowest BCUT2D eigenvalue weighted by Crippen LogP contribution is -2.25. The lowest BCUT2D eigenvalue weighted by molar-refractivity contribution is 0.171. The number of aryl methyl sites for hydroxylation is 1. The maximum atomic E-state index is 11.1. The topological polar surface area (TPSA) is 56.1 Å². The number of rotatable bonds is 4. The summed E-state index contributed by atoms with van der Waals surface area (Å²) < 4.78 is 6.66. The van der Waals surface area contributed by atoms with Gasteiger partial charge in [-0.15, -0.1) is 0 Å². The van der Waals surface area contributed by atoms with Crippen LogP contribution in [-0.4, -0.2) is 29.3 Å². The number of hydrogen-bond donors (Lipinski definition) is 1. The van der Waals surface area contributed by atoms with Crippen molar-refractivity contribution >= 4 is 17.1 Å². The van der Waals surface area contributed by atoms with Crippen LogP contribution in [0.15, 0.2) is 48.5 Å². The van der Waals surface area contributed by atoms with Gasteiger partial charge in [-0.25, -0.2) is 9.78 Å². The summed E-state index contributed by atoms with van der Waals surface area (Å²) in [6.45, 7) is 0.538. The highest BCUT2D eigenvalue weighted by atomic mass is 16.5. The van der Waals surface area contributed by atoms with Crippen LogP contribution in [0.2, 0.25) is 0 Å². The van der Waals surface area contributed by atoms with Gasteiger partial charge in [-0.3, -0.25) is 0 Å². The lowest BCUT2D eigenvalue weighted by atomic mass is 10.1. The maximum Gasteiger partial charge on any atom is 0.406 e. The van der Waals surface area contributed by atoms with Gasteiger partial charge in [0.15, 0.2) is 0 Å². The summed E-state index contributed by atoms with van der Waals surface area (Å²) in [5, 5.41) is 2.68. The molecule has 1 amide bonds. The number of benzene rings is 2. The molecule has 5 heteroatoms. The van der Waals surface area contributed by atoms with Crippen LogP contribution in [0.3, 0.4) is 0 Å². The van der Waals surface area contributed by atoms with Gasteiger partial charge in [-0.1, -0.05) is 36.4 Å². The fourth-order valence-electron chi connectivity index (χ4n) is 2.63. The second-order valence-corrected chi connectivity index (χ2v) is 5.35. The Bertz CT molecular complexity index is 825. The Hall–Kier alpha value is -2.82. The number of nitrogens with zero attached hydrogens (tertiary/aromatic N) is 2. The molecule has 0 fully saturated rings. The van der Waals surface area contributed by atoms with E-state index in [9.17, 15) is 4.79 Å². The summed E-state index contributed by atoms with van der Waals surface area (Å²) in [6, 6.07) is 16.3. The van der Waals surface area contributed by atoms with E-state index in [1.807, 2.05) is 25.2 Å². The van der Waals surface area contributed by atoms with Crippen molar-refractivity contribution in [1.82, 2.24) is 14.9 Å². The van der Waals surface area contributed by atoms with Crippen molar-refractivity contribution < 1.29 is 9.53 Å². The predicted molar refractivity (Wildman–Crippen MR) is 90.3 cm³/mol. The van der Waals surface area contributed by atoms with Gasteiger partial charge in [-0.2, -0.15) is 0 Å². The molecule has 0 atom stereocenters. The number of fused-ring (bicyclic) bond motifs is 1. The number of ether oxygens (including phenoxy) is 1. The lowest BCUT2D eigenvalue weighted by Gasteiger charge is -2.04. The SMILES string of the molecule is COC(=O)NCCc1ccc2c(c1)nc(-c1ccccc1)n2C. The van der Waals surface area contributed by atoms with E-state index < -0.39 is 6.09 Å². The number of hydrogen-bond acceptors (Lipinski definition) is 3. The molecular formula is C18H19N3O2. The molecule has 0 saturated carbocycles. The Labute approximate surface area is 134 Å². The van der Waals surface area contributed by atoms with Crippen molar-refractivity contribution in [3.05, 3.63) is 54.1 Å². The van der Waals surface area contributed by atoms with Crippen molar-refractivity contribution in [1.29, 1.82) is 0 Å². The molecule has 2 aromatic carbocycles. The van der Waals surface area contributed by atoms with E-state index in [0.717, 1.165) is 34.4 Å². The van der Waals surface area contributed by atoms with Gasteiger partial charge < -0.3 is 14.6 Å². The Balaban J connectivity index is 1.85. The van der Waals surface area contributed by atoms with E-state index in [1.54, 1.807) is 0 Å². The molecule has 0 aliphatic carbocycles. The quantitative estimate of drug-likeness (QED) is 0.805. The summed E-state index contributed by atoms with van der Waals surface area (Å²) in [5.41, 5.74) is 4.28. The molecule has 118 valence electrons. The zero-order chi connectivity index (χ0) is 16.2. The number of methoxy groups -OCH3 is 1. The van der Waals surface area contributed by atoms with Gasteiger partial charge in [0.05, 0.1) is 18.1 Å². The van der Waals surface area contributed by atoms with E-state index in [4.69, 9.17) is 4.98 Å². The molecule has 0 unspecified atom stereocenters. The standard InChI is InChI=1S/C18H19N3O2/c1-21-16-9-8-13(10-11-19-18(22)23-2)12-15(16)20-17(21)14-6-4-3-5-7-14/h3-9,12H,10-11H2,1-2H3,(H,19,22). The predicted octanol–water partition coefficient (Wildman–Crippen LogP) is 3.14. The third kappa shape index (κ3) is 3.18. The molecular weight excluding hydrogens is 290 g/mol. The van der Waals surface area contributed by atoms with E-state index in [1.165, 1.54) is 7.11 Å². The highest BCUT2D eigenvalue weighted by Gasteiger charge is 2.10. The number of amides is 1. The monoisotopic (exact) mass is 309 g/mol. The minimum absolute atomic E-state index is 0.407. The van der Waals surface area contributed by atoms with Crippen LogP contribution >= 0.6 is 0 Å². The first kappa shape index (κ1) is 15.1. The summed E-state index contributed by atoms with van der Waals surface area (Å²) in [4.78, 5) is 15.8.